The molecule has 0 aliphatic heterocycles. The van der Waals surface area contributed by atoms with Crippen molar-refractivity contribution in [1.82, 2.24) is 10.3 Å². The molecule has 0 aliphatic carbocycles. The lowest BCUT2D eigenvalue weighted by molar-refractivity contribution is -0.121. The number of hydrogen-bond acceptors (Lipinski definition) is 6. The van der Waals surface area contributed by atoms with Crippen LogP contribution in [0.25, 0.3) is 0 Å². The van der Waals surface area contributed by atoms with E-state index in [2.05, 4.69) is 5.32 Å². The minimum atomic E-state index is -1.17. The minimum Gasteiger partial charge on any atom is -0.482 e. The van der Waals surface area contributed by atoms with E-state index in [0.29, 0.717) is 29.0 Å². The Kier molecular flexibility index (Phi) is 8.52. The highest BCUT2D eigenvalue weighted by Crippen LogP contribution is 2.15. The smallest absolute Gasteiger partial charge is 0.288 e. The van der Waals surface area contributed by atoms with Crippen molar-refractivity contribution >= 4 is 18.5 Å². The first kappa shape index (κ1) is 23.4. The van der Waals surface area contributed by atoms with Crippen molar-refractivity contribution in [3.05, 3.63) is 94.8 Å². The molecule has 0 heterocycles. The summed E-state index contributed by atoms with van der Waals surface area (Å²) in [4.78, 5) is 34.2. The molecular formula is C21H18F3N3O4. The van der Waals surface area contributed by atoms with Crippen LogP contribution < -0.4 is 11.2 Å². The zero-order valence-corrected chi connectivity index (χ0v) is 16.1. The average molecular weight is 433 g/mol. The number of nitrogens with zero attached hydrogens (tertiary/aromatic N) is 1. The van der Waals surface area contributed by atoms with Crippen molar-refractivity contribution < 1.29 is 32.3 Å². The van der Waals surface area contributed by atoms with Crippen molar-refractivity contribution in [2.75, 3.05) is 0 Å². The van der Waals surface area contributed by atoms with E-state index < -0.39 is 41.2 Å². The Bertz CT molecular complexity index is 987. The Morgan fingerprint density at radius 1 is 1.10 bits per heavy atom. The van der Waals surface area contributed by atoms with Crippen LogP contribution in [0.5, 0.6) is 0 Å². The van der Waals surface area contributed by atoms with E-state index in [1.54, 1.807) is 30.3 Å². The number of allylic oxidation sites excluding steroid dienone is 2. The average Bonchev–Trinajstić information content (AvgIpc) is 2.74. The second-order valence-corrected chi connectivity index (χ2v) is 6.05. The molecule has 31 heavy (non-hydrogen) atoms. The minimum absolute atomic E-state index is 0.0684. The van der Waals surface area contributed by atoms with E-state index in [1.807, 2.05) is 0 Å². The first-order chi connectivity index (χ1) is 14.8. The van der Waals surface area contributed by atoms with E-state index in [0.717, 1.165) is 12.3 Å². The number of rotatable bonds is 10. The van der Waals surface area contributed by atoms with Gasteiger partial charge in [-0.25, -0.2) is 19.0 Å². The summed E-state index contributed by atoms with van der Waals surface area (Å²) in [5.74, 6) is 0.889. The van der Waals surface area contributed by atoms with E-state index >= 15 is 0 Å². The van der Waals surface area contributed by atoms with Crippen LogP contribution in [-0.4, -0.2) is 23.5 Å². The van der Waals surface area contributed by atoms with Gasteiger partial charge in [0.1, 0.15) is 30.3 Å². The fourth-order valence-corrected chi connectivity index (χ4v) is 2.35. The van der Waals surface area contributed by atoms with E-state index in [-0.39, 0.29) is 18.6 Å². The molecule has 0 saturated carbocycles. The van der Waals surface area contributed by atoms with Gasteiger partial charge in [0.15, 0.2) is 6.29 Å². The van der Waals surface area contributed by atoms with Gasteiger partial charge in [0.2, 0.25) is 5.76 Å². The van der Waals surface area contributed by atoms with Crippen molar-refractivity contribution in [2.24, 2.45) is 5.84 Å². The summed E-state index contributed by atoms with van der Waals surface area (Å²) in [5.41, 5.74) is -0.144. The van der Waals surface area contributed by atoms with Gasteiger partial charge in [0.05, 0.1) is 11.9 Å². The molecule has 2 rings (SSSR count). The van der Waals surface area contributed by atoms with Crippen LogP contribution in [-0.2, 0) is 32.3 Å². The van der Waals surface area contributed by atoms with E-state index in [1.165, 1.54) is 0 Å². The number of benzene rings is 2. The van der Waals surface area contributed by atoms with Crippen LogP contribution >= 0.6 is 0 Å². The molecule has 0 radical (unpaired) electrons. The molecule has 3 N–H and O–H groups in total. The number of aldehydes is 2. The van der Waals surface area contributed by atoms with E-state index in [4.69, 9.17) is 10.6 Å². The van der Waals surface area contributed by atoms with Crippen LogP contribution in [0.3, 0.4) is 0 Å². The molecular weight excluding hydrogens is 415 g/mol. The summed E-state index contributed by atoms with van der Waals surface area (Å²) in [6.45, 7) is -0.681. The number of nitrogens with one attached hydrogen (secondary N) is 1. The number of amides is 1. The highest BCUT2D eigenvalue weighted by Gasteiger charge is 2.17. The molecule has 7 nitrogen and oxygen atoms in total. The maximum Gasteiger partial charge on any atom is 0.288 e. The summed E-state index contributed by atoms with van der Waals surface area (Å²) >= 11 is 0. The van der Waals surface area contributed by atoms with Gasteiger partial charge in [-0.1, -0.05) is 30.3 Å². The molecule has 1 amide bonds. The molecule has 0 spiro atoms. The summed E-state index contributed by atoms with van der Waals surface area (Å²) in [6, 6.07) is 9.68. The Morgan fingerprint density at radius 3 is 2.32 bits per heavy atom. The number of hydrogen-bond donors (Lipinski definition) is 2. The Labute approximate surface area is 175 Å². The number of hydrazine groups is 1. The van der Waals surface area contributed by atoms with E-state index in [9.17, 15) is 27.6 Å². The number of carbonyl (C=O) groups excluding carboxylic acids is 3. The summed E-state index contributed by atoms with van der Waals surface area (Å²) < 4.78 is 46.1. The van der Waals surface area contributed by atoms with Gasteiger partial charge < -0.3 is 10.1 Å². The predicted octanol–water partition coefficient (Wildman–Crippen LogP) is 2.24. The van der Waals surface area contributed by atoms with Crippen molar-refractivity contribution in [3.63, 3.8) is 0 Å². The molecule has 0 saturated heterocycles. The van der Waals surface area contributed by atoms with Crippen LogP contribution in [0.4, 0.5) is 13.2 Å². The monoisotopic (exact) mass is 433 g/mol. The lowest BCUT2D eigenvalue weighted by Gasteiger charge is -2.17. The number of carbonyl (C=O) groups is 3. The van der Waals surface area contributed by atoms with Crippen molar-refractivity contribution in [1.29, 1.82) is 0 Å². The first-order valence-electron chi connectivity index (χ1n) is 8.80. The lowest BCUT2D eigenvalue weighted by atomic mass is 10.2. The van der Waals surface area contributed by atoms with Gasteiger partial charge in [-0.15, -0.1) is 0 Å². The summed E-state index contributed by atoms with van der Waals surface area (Å²) in [6.07, 6.45) is 2.39. The highest BCUT2D eigenvalue weighted by molar-refractivity contribution is 5.91. The molecule has 0 unspecified atom stereocenters. The van der Waals surface area contributed by atoms with Gasteiger partial charge in [-0.3, -0.25) is 19.4 Å². The molecule has 0 atom stereocenters. The van der Waals surface area contributed by atoms with Crippen LogP contribution in [0, 0.1) is 17.5 Å². The molecule has 0 fully saturated rings. The molecule has 2 aromatic rings. The quantitative estimate of drug-likeness (QED) is 0.196. The third-order valence-electron chi connectivity index (χ3n) is 3.91. The molecule has 0 aliphatic rings. The normalized spacial score (nSPS) is 11.6. The zero-order chi connectivity index (χ0) is 22.8. The zero-order valence-electron chi connectivity index (χ0n) is 16.1. The highest BCUT2D eigenvalue weighted by atomic mass is 19.1. The Morgan fingerprint density at radius 2 is 1.74 bits per heavy atom. The van der Waals surface area contributed by atoms with Crippen molar-refractivity contribution in [2.45, 2.75) is 13.2 Å². The topological polar surface area (TPSA) is 102 Å². The fourth-order valence-electron chi connectivity index (χ4n) is 2.35. The largest absolute Gasteiger partial charge is 0.482 e. The maximum absolute atomic E-state index is 13.8. The number of nitrogens with two attached hydrogens (primary N) is 1. The van der Waals surface area contributed by atoms with Gasteiger partial charge in [-0.2, -0.15) is 0 Å². The third-order valence-corrected chi connectivity index (χ3v) is 3.91. The SMILES string of the molecule is NN(/C=C(\OCc1ccccc1)C(=O)NCc1c(F)cc(F)cc1F)/C(C=O)=C\C=O. The molecule has 0 bridgehead atoms. The van der Waals surface area contributed by atoms with Crippen LogP contribution in [0.15, 0.2) is 66.2 Å². The van der Waals surface area contributed by atoms with Crippen LogP contribution in [0.2, 0.25) is 0 Å². The first-order valence-corrected chi connectivity index (χ1v) is 8.80. The summed E-state index contributed by atoms with van der Waals surface area (Å²) in [7, 11) is 0. The maximum atomic E-state index is 13.8. The second kappa shape index (κ2) is 11.3. The summed E-state index contributed by atoms with van der Waals surface area (Å²) in [5, 5.41) is 2.92. The fraction of sp³-hybridized carbons (Fsp3) is 0.0952. The number of ether oxygens (including phenoxy) is 1. The number of halogens is 3. The van der Waals surface area contributed by atoms with Gasteiger partial charge in [0.25, 0.3) is 5.91 Å². The van der Waals surface area contributed by atoms with Gasteiger partial charge in [0, 0.05) is 30.3 Å². The predicted molar refractivity (Wildman–Crippen MR) is 104 cm³/mol. The molecule has 0 aromatic heterocycles. The molecule has 10 heteroatoms. The van der Waals surface area contributed by atoms with Crippen molar-refractivity contribution in [3.8, 4) is 0 Å². The second-order valence-electron chi connectivity index (χ2n) is 6.05. The van der Waals surface area contributed by atoms with Gasteiger partial charge in [-0.05, 0) is 5.56 Å². The molecule has 162 valence electrons. The Balaban J connectivity index is 2.22. The standard InChI is InChI=1S/C21H18F3N3O4/c22-15-8-18(23)17(19(24)9-15)10-26-21(30)20(11-27(25)16(12-29)6-7-28)31-13-14-4-2-1-3-5-14/h1-9,11-12H,10,13,25H2,(H,26,30)/b16-6-,20-11-. The lowest BCUT2D eigenvalue weighted by Crippen LogP contribution is -2.31. The molecule has 2 aromatic carbocycles. The van der Waals surface area contributed by atoms with Crippen LogP contribution in [0.1, 0.15) is 11.1 Å². The van der Waals surface area contributed by atoms with Gasteiger partial charge >= 0.3 is 0 Å². The third kappa shape index (κ3) is 6.82. The Hall–Kier alpha value is -3.92.